The fourth-order valence-electron chi connectivity index (χ4n) is 1.48. The van der Waals surface area contributed by atoms with Crippen LogP contribution in [-0.2, 0) is 0 Å². The van der Waals surface area contributed by atoms with Crippen molar-refractivity contribution >= 4 is 5.69 Å². The number of anilines is 1. The van der Waals surface area contributed by atoms with Gasteiger partial charge in [0.05, 0.1) is 11.7 Å². The third-order valence-corrected chi connectivity index (χ3v) is 2.04. The number of nitrogens with one attached hydrogen (secondary N) is 1. The Hall–Kier alpha value is -0.960. The highest BCUT2D eigenvalue weighted by Crippen LogP contribution is 2.25. The van der Waals surface area contributed by atoms with Crippen LogP contribution in [0.4, 0.5) is 5.69 Å². The molecule has 0 bridgehead atoms. The van der Waals surface area contributed by atoms with E-state index in [0.717, 1.165) is 18.7 Å². The molecule has 0 radical (unpaired) electrons. The highest BCUT2D eigenvalue weighted by atomic mass is 16.3. The van der Waals surface area contributed by atoms with Crippen LogP contribution >= 0.6 is 0 Å². The summed E-state index contributed by atoms with van der Waals surface area (Å²) in [5, 5.41) is 3.34. The van der Waals surface area contributed by atoms with Gasteiger partial charge in [0.25, 0.3) is 0 Å². The van der Waals surface area contributed by atoms with Crippen molar-refractivity contribution in [3.8, 4) is 0 Å². The Morgan fingerprint density at radius 1 is 1.64 bits per heavy atom. The van der Waals surface area contributed by atoms with Gasteiger partial charge in [-0.1, -0.05) is 0 Å². The molecule has 0 aliphatic carbocycles. The Kier molecular flexibility index (Phi) is 1.58. The fraction of sp³-hybridized carbons (Fsp3) is 0.500. The summed E-state index contributed by atoms with van der Waals surface area (Å²) < 4.78 is 5.26. The Morgan fingerprint density at radius 2 is 2.55 bits per heavy atom. The first-order chi connectivity index (χ1) is 5.36. The molecule has 0 amide bonds. The first kappa shape index (κ1) is 6.73. The second kappa shape index (κ2) is 2.58. The maximum absolute atomic E-state index is 5.52. The average Bonchev–Trinajstić information content (AvgIpc) is 2.55. The lowest BCUT2D eigenvalue weighted by atomic mass is 10.2. The van der Waals surface area contributed by atoms with Gasteiger partial charge in [0.15, 0.2) is 0 Å². The molecule has 60 valence electrons. The smallest absolute Gasteiger partial charge is 0.122 e. The van der Waals surface area contributed by atoms with Crippen LogP contribution in [0.2, 0.25) is 0 Å². The molecule has 0 saturated carbocycles. The summed E-state index contributed by atoms with van der Waals surface area (Å²) in [5.74, 6) is 0.972. The van der Waals surface area contributed by atoms with E-state index in [2.05, 4.69) is 5.32 Å². The van der Waals surface area contributed by atoms with E-state index in [0.29, 0.717) is 11.7 Å². The first-order valence-electron chi connectivity index (χ1n) is 3.93. The molecule has 11 heavy (non-hydrogen) atoms. The fourth-order valence-corrected chi connectivity index (χ4v) is 1.48. The van der Waals surface area contributed by atoms with Crippen LogP contribution < -0.4 is 11.1 Å². The van der Waals surface area contributed by atoms with Gasteiger partial charge in [0.1, 0.15) is 12.0 Å². The molecule has 1 aromatic heterocycles. The maximum Gasteiger partial charge on any atom is 0.122 e. The summed E-state index contributed by atoms with van der Waals surface area (Å²) in [6, 6.07) is 2.29. The summed E-state index contributed by atoms with van der Waals surface area (Å²) in [6.45, 7) is 1.09. The Bertz CT molecular complexity index is 238. The molecule has 1 fully saturated rings. The molecule has 3 nitrogen and oxygen atoms in total. The predicted molar refractivity (Wildman–Crippen MR) is 43.1 cm³/mol. The summed E-state index contributed by atoms with van der Waals surface area (Å²) >= 11 is 0. The summed E-state index contributed by atoms with van der Waals surface area (Å²) in [6.07, 6.45) is 3.98. The number of nitrogens with two attached hydrogens (primary N) is 1. The predicted octanol–water partition coefficient (Wildman–Crippen LogP) is 1.29. The molecule has 1 aliphatic rings. The lowest BCUT2D eigenvalue weighted by molar-refractivity contribution is 0.446. The molecule has 0 aromatic carbocycles. The Morgan fingerprint density at radius 3 is 3.09 bits per heavy atom. The van der Waals surface area contributed by atoms with Crippen molar-refractivity contribution in [2.45, 2.75) is 18.9 Å². The van der Waals surface area contributed by atoms with Crippen molar-refractivity contribution in [2.24, 2.45) is 0 Å². The third kappa shape index (κ3) is 1.24. The SMILES string of the molecule is Nc1coc([C@H]2CCCN2)c1. The highest BCUT2D eigenvalue weighted by Gasteiger charge is 2.18. The zero-order chi connectivity index (χ0) is 7.68. The van der Waals surface area contributed by atoms with E-state index in [4.69, 9.17) is 10.2 Å². The average molecular weight is 152 g/mol. The van der Waals surface area contributed by atoms with E-state index in [1.165, 1.54) is 6.42 Å². The van der Waals surface area contributed by atoms with Gasteiger partial charge in [-0.3, -0.25) is 0 Å². The number of hydrogen-bond acceptors (Lipinski definition) is 3. The Labute approximate surface area is 65.6 Å². The zero-order valence-electron chi connectivity index (χ0n) is 6.34. The van der Waals surface area contributed by atoms with Crippen LogP contribution in [0.5, 0.6) is 0 Å². The lowest BCUT2D eigenvalue weighted by Gasteiger charge is -2.03. The van der Waals surface area contributed by atoms with Gasteiger partial charge in [0, 0.05) is 6.07 Å². The molecule has 0 unspecified atom stereocenters. The standard InChI is InChI=1S/C8H12N2O/c9-6-4-8(11-5-6)7-2-1-3-10-7/h4-5,7,10H,1-3,9H2/t7-/m1/s1. The molecular formula is C8H12N2O. The van der Waals surface area contributed by atoms with Crippen LogP contribution in [0.1, 0.15) is 24.6 Å². The highest BCUT2D eigenvalue weighted by molar-refractivity contribution is 5.36. The number of furan rings is 1. The molecule has 1 aliphatic heterocycles. The minimum atomic E-state index is 0.396. The molecule has 2 heterocycles. The van der Waals surface area contributed by atoms with Gasteiger partial charge in [0.2, 0.25) is 0 Å². The largest absolute Gasteiger partial charge is 0.465 e. The second-order valence-corrected chi connectivity index (χ2v) is 2.93. The molecule has 1 aromatic rings. The van der Waals surface area contributed by atoms with Crippen molar-refractivity contribution in [3.05, 3.63) is 18.1 Å². The molecule has 0 spiro atoms. The minimum absolute atomic E-state index is 0.396. The number of hydrogen-bond donors (Lipinski definition) is 2. The van der Waals surface area contributed by atoms with Crippen LogP contribution in [0, 0.1) is 0 Å². The topological polar surface area (TPSA) is 51.2 Å². The normalized spacial score (nSPS) is 24.2. The van der Waals surface area contributed by atoms with Crippen LogP contribution in [0.25, 0.3) is 0 Å². The molecule has 3 heteroatoms. The number of rotatable bonds is 1. The van der Waals surface area contributed by atoms with Crippen molar-refractivity contribution in [2.75, 3.05) is 12.3 Å². The van der Waals surface area contributed by atoms with Gasteiger partial charge in [-0.2, -0.15) is 0 Å². The van der Waals surface area contributed by atoms with Crippen LogP contribution in [-0.4, -0.2) is 6.54 Å². The van der Waals surface area contributed by atoms with Crippen molar-refractivity contribution < 1.29 is 4.42 Å². The summed E-state index contributed by atoms with van der Waals surface area (Å²) in [7, 11) is 0. The van der Waals surface area contributed by atoms with Crippen LogP contribution in [0.15, 0.2) is 16.7 Å². The molecule has 1 atom stereocenters. The third-order valence-electron chi connectivity index (χ3n) is 2.04. The van der Waals surface area contributed by atoms with E-state index in [-0.39, 0.29) is 0 Å². The van der Waals surface area contributed by atoms with E-state index < -0.39 is 0 Å². The molecular weight excluding hydrogens is 140 g/mol. The first-order valence-corrected chi connectivity index (χ1v) is 3.93. The van der Waals surface area contributed by atoms with Gasteiger partial charge < -0.3 is 15.5 Å². The molecule has 1 saturated heterocycles. The Balaban J connectivity index is 2.15. The number of nitrogen functional groups attached to an aromatic ring is 1. The van der Waals surface area contributed by atoms with Crippen molar-refractivity contribution in [3.63, 3.8) is 0 Å². The monoisotopic (exact) mass is 152 g/mol. The van der Waals surface area contributed by atoms with E-state index in [1.54, 1.807) is 6.26 Å². The second-order valence-electron chi connectivity index (χ2n) is 2.93. The maximum atomic E-state index is 5.52. The molecule has 3 N–H and O–H groups in total. The van der Waals surface area contributed by atoms with E-state index in [9.17, 15) is 0 Å². The minimum Gasteiger partial charge on any atom is -0.465 e. The van der Waals surface area contributed by atoms with Crippen LogP contribution in [0.3, 0.4) is 0 Å². The van der Waals surface area contributed by atoms with Gasteiger partial charge in [-0.15, -0.1) is 0 Å². The van der Waals surface area contributed by atoms with E-state index >= 15 is 0 Å². The van der Waals surface area contributed by atoms with Gasteiger partial charge in [-0.25, -0.2) is 0 Å². The van der Waals surface area contributed by atoms with Gasteiger partial charge >= 0.3 is 0 Å². The lowest BCUT2D eigenvalue weighted by Crippen LogP contribution is -2.11. The summed E-state index contributed by atoms with van der Waals surface area (Å²) in [5.41, 5.74) is 6.24. The van der Waals surface area contributed by atoms with Crippen molar-refractivity contribution in [1.29, 1.82) is 0 Å². The molecule has 2 rings (SSSR count). The van der Waals surface area contributed by atoms with Gasteiger partial charge in [-0.05, 0) is 19.4 Å². The zero-order valence-corrected chi connectivity index (χ0v) is 6.34. The summed E-state index contributed by atoms with van der Waals surface area (Å²) in [4.78, 5) is 0. The quantitative estimate of drug-likeness (QED) is 0.637. The van der Waals surface area contributed by atoms with E-state index in [1.807, 2.05) is 6.07 Å². The van der Waals surface area contributed by atoms with Crippen molar-refractivity contribution in [1.82, 2.24) is 5.32 Å².